The number of hydrogen-bond acceptors (Lipinski definition) is 2. The first-order chi connectivity index (χ1) is 9.51. The first kappa shape index (κ1) is 16.4. The molecule has 0 saturated heterocycles. The maximum Gasteiger partial charge on any atom is 0.124 e. The van der Waals surface area contributed by atoms with Crippen molar-refractivity contribution in [3.05, 3.63) is 65.9 Å². The molecular formula is C14H12Br2FIN2. The lowest BCUT2D eigenvalue weighted by Crippen LogP contribution is -2.30. The van der Waals surface area contributed by atoms with Crippen molar-refractivity contribution in [3.8, 4) is 0 Å². The summed E-state index contributed by atoms with van der Waals surface area (Å²) < 4.78 is 16.0. The molecule has 3 N–H and O–H groups in total. The van der Waals surface area contributed by atoms with Gasteiger partial charge in [0.15, 0.2) is 0 Å². The standard InChI is InChI=1S/C14H12Br2FIN2/c15-12-4-3-10(18)7-11(12)14(20-19)5-8-1-2-9(17)6-13(8)16/h1-4,6-7,14,20H,5,19H2. The van der Waals surface area contributed by atoms with Crippen LogP contribution in [0.3, 0.4) is 0 Å². The average molecular weight is 514 g/mol. The van der Waals surface area contributed by atoms with Crippen molar-refractivity contribution < 1.29 is 4.39 Å². The first-order valence-corrected chi connectivity index (χ1v) is 8.52. The summed E-state index contributed by atoms with van der Waals surface area (Å²) in [4.78, 5) is 0. The fourth-order valence-electron chi connectivity index (χ4n) is 1.95. The topological polar surface area (TPSA) is 38.0 Å². The molecule has 0 spiro atoms. The van der Waals surface area contributed by atoms with E-state index >= 15 is 0 Å². The van der Waals surface area contributed by atoms with Gasteiger partial charge in [-0.25, -0.2) is 4.39 Å². The Morgan fingerprint density at radius 1 is 1.15 bits per heavy atom. The summed E-state index contributed by atoms with van der Waals surface area (Å²) in [6.07, 6.45) is 0.663. The van der Waals surface area contributed by atoms with E-state index in [4.69, 9.17) is 5.84 Å². The molecular weight excluding hydrogens is 502 g/mol. The average Bonchev–Trinajstić information content (AvgIpc) is 2.41. The highest BCUT2D eigenvalue weighted by Gasteiger charge is 2.16. The fraction of sp³-hybridized carbons (Fsp3) is 0.143. The zero-order chi connectivity index (χ0) is 14.7. The van der Waals surface area contributed by atoms with Crippen LogP contribution in [0.2, 0.25) is 0 Å². The molecule has 0 saturated carbocycles. The first-order valence-electron chi connectivity index (χ1n) is 5.86. The van der Waals surface area contributed by atoms with Crippen LogP contribution in [0.15, 0.2) is 45.3 Å². The molecule has 1 atom stereocenters. The van der Waals surface area contributed by atoms with Crippen molar-refractivity contribution in [2.24, 2.45) is 5.84 Å². The van der Waals surface area contributed by atoms with Crippen molar-refractivity contribution in [3.63, 3.8) is 0 Å². The molecule has 2 nitrogen and oxygen atoms in total. The van der Waals surface area contributed by atoms with Gasteiger partial charge < -0.3 is 0 Å². The van der Waals surface area contributed by atoms with E-state index in [0.717, 1.165) is 23.6 Å². The predicted molar refractivity (Wildman–Crippen MR) is 94.7 cm³/mol. The minimum Gasteiger partial charge on any atom is -0.271 e. The lowest BCUT2D eigenvalue weighted by molar-refractivity contribution is 0.547. The summed E-state index contributed by atoms with van der Waals surface area (Å²) in [5, 5.41) is 0. The molecule has 2 aromatic carbocycles. The Morgan fingerprint density at radius 3 is 2.55 bits per heavy atom. The van der Waals surface area contributed by atoms with E-state index in [1.807, 2.05) is 12.1 Å². The monoisotopic (exact) mass is 512 g/mol. The molecule has 2 rings (SSSR count). The third-order valence-corrected chi connectivity index (χ3v) is 5.11. The smallest absolute Gasteiger partial charge is 0.124 e. The Labute approximate surface area is 147 Å². The summed E-state index contributed by atoms with van der Waals surface area (Å²) >= 11 is 9.20. The van der Waals surface area contributed by atoms with Gasteiger partial charge in [0.2, 0.25) is 0 Å². The van der Waals surface area contributed by atoms with E-state index in [0.29, 0.717) is 6.42 Å². The molecule has 0 bridgehead atoms. The molecule has 0 aromatic heterocycles. The number of halogens is 4. The number of nitrogens with two attached hydrogens (primary N) is 1. The zero-order valence-corrected chi connectivity index (χ0v) is 15.7. The summed E-state index contributed by atoms with van der Waals surface area (Å²) in [6.45, 7) is 0. The summed E-state index contributed by atoms with van der Waals surface area (Å²) in [5.74, 6) is 5.43. The normalized spacial score (nSPS) is 12.4. The fourth-order valence-corrected chi connectivity index (χ4v) is 3.50. The lowest BCUT2D eigenvalue weighted by atomic mass is 9.99. The van der Waals surface area contributed by atoms with Crippen molar-refractivity contribution >= 4 is 54.5 Å². The van der Waals surface area contributed by atoms with Crippen LogP contribution < -0.4 is 11.3 Å². The number of benzene rings is 2. The SMILES string of the molecule is NNC(Cc1ccc(F)cc1Br)c1cc(I)ccc1Br. The summed E-state index contributed by atoms with van der Waals surface area (Å²) in [7, 11) is 0. The molecule has 6 heteroatoms. The van der Waals surface area contributed by atoms with Crippen LogP contribution in [0.5, 0.6) is 0 Å². The highest BCUT2D eigenvalue weighted by Crippen LogP contribution is 2.29. The largest absolute Gasteiger partial charge is 0.271 e. The van der Waals surface area contributed by atoms with Crippen molar-refractivity contribution in [2.75, 3.05) is 0 Å². The molecule has 0 aliphatic rings. The Kier molecular flexibility index (Phi) is 5.97. The molecule has 2 aromatic rings. The van der Waals surface area contributed by atoms with Gasteiger partial charge in [0.1, 0.15) is 5.82 Å². The van der Waals surface area contributed by atoms with Gasteiger partial charge in [0.25, 0.3) is 0 Å². The maximum absolute atomic E-state index is 13.1. The summed E-state index contributed by atoms with van der Waals surface area (Å²) in [5.41, 5.74) is 4.91. The van der Waals surface area contributed by atoms with Crippen LogP contribution >= 0.6 is 54.5 Å². The molecule has 0 fully saturated rings. The molecule has 0 amide bonds. The van der Waals surface area contributed by atoms with Crippen LogP contribution in [-0.2, 0) is 6.42 Å². The minimum absolute atomic E-state index is 0.0548. The molecule has 0 aliphatic heterocycles. The second-order valence-corrected chi connectivity index (χ2v) is 7.28. The van der Waals surface area contributed by atoms with Gasteiger partial charge in [-0.3, -0.25) is 11.3 Å². The molecule has 20 heavy (non-hydrogen) atoms. The van der Waals surface area contributed by atoms with Crippen LogP contribution in [0.4, 0.5) is 4.39 Å². The van der Waals surface area contributed by atoms with E-state index in [9.17, 15) is 4.39 Å². The van der Waals surface area contributed by atoms with E-state index in [2.05, 4.69) is 65.9 Å². The lowest BCUT2D eigenvalue weighted by Gasteiger charge is -2.19. The second-order valence-electron chi connectivity index (χ2n) is 4.32. The van der Waals surface area contributed by atoms with Crippen molar-refractivity contribution in [1.29, 1.82) is 0 Å². The van der Waals surface area contributed by atoms with E-state index in [1.165, 1.54) is 12.1 Å². The van der Waals surface area contributed by atoms with Crippen LogP contribution in [0.1, 0.15) is 17.2 Å². The van der Waals surface area contributed by atoms with Crippen LogP contribution in [0, 0.1) is 9.39 Å². The van der Waals surface area contributed by atoms with Crippen LogP contribution in [0.25, 0.3) is 0 Å². The van der Waals surface area contributed by atoms with Gasteiger partial charge in [-0.2, -0.15) is 0 Å². The van der Waals surface area contributed by atoms with E-state index < -0.39 is 0 Å². The molecule has 106 valence electrons. The van der Waals surface area contributed by atoms with Gasteiger partial charge in [0.05, 0.1) is 6.04 Å². The van der Waals surface area contributed by atoms with Gasteiger partial charge in [-0.15, -0.1) is 0 Å². The number of hydrazine groups is 1. The number of nitrogens with one attached hydrogen (secondary N) is 1. The van der Waals surface area contributed by atoms with E-state index in [-0.39, 0.29) is 11.9 Å². The molecule has 0 radical (unpaired) electrons. The van der Waals surface area contributed by atoms with Crippen molar-refractivity contribution in [2.45, 2.75) is 12.5 Å². The quantitative estimate of drug-likeness (QED) is 0.353. The predicted octanol–water partition coefficient (Wildman–Crippen LogP) is 4.70. The minimum atomic E-state index is -0.256. The maximum atomic E-state index is 13.1. The highest BCUT2D eigenvalue weighted by molar-refractivity contribution is 14.1. The Morgan fingerprint density at radius 2 is 1.90 bits per heavy atom. The van der Waals surface area contributed by atoms with Gasteiger partial charge in [-0.1, -0.05) is 37.9 Å². The second kappa shape index (κ2) is 7.31. The van der Waals surface area contributed by atoms with E-state index in [1.54, 1.807) is 6.07 Å². The Hall–Kier alpha value is -0.0200. The molecule has 0 aliphatic carbocycles. The Balaban J connectivity index is 2.31. The Bertz CT molecular complexity index is 622. The number of rotatable bonds is 4. The van der Waals surface area contributed by atoms with Gasteiger partial charge in [-0.05, 0) is 70.5 Å². The summed E-state index contributed by atoms with van der Waals surface area (Å²) in [6, 6.07) is 10.7. The molecule has 1 unspecified atom stereocenters. The third-order valence-electron chi connectivity index (χ3n) is 2.97. The third kappa shape index (κ3) is 4.00. The molecule has 0 heterocycles. The van der Waals surface area contributed by atoms with Gasteiger partial charge >= 0.3 is 0 Å². The number of hydrogen-bond donors (Lipinski definition) is 2. The highest BCUT2D eigenvalue weighted by atomic mass is 127. The van der Waals surface area contributed by atoms with Crippen molar-refractivity contribution in [1.82, 2.24) is 5.43 Å². The van der Waals surface area contributed by atoms with Gasteiger partial charge in [0, 0.05) is 12.5 Å². The zero-order valence-electron chi connectivity index (χ0n) is 10.3. The van der Waals surface area contributed by atoms with Crippen LogP contribution in [-0.4, -0.2) is 0 Å².